The molecule has 0 aliphatic carbocycles. The van der Waals surface area contributed by atoms with E-state index < -0.39 is 0 Å². The highest BCUT2D eigenvalue weighted by molar-refractivity contribution is 5.93. The Morgan fingerprint density at radius 1 is 1.73 bits per heavy atom. The van der Waals surface area contributed by atoms with Crippen LogP contribution >= 0.6 is 0 Å². The van der Waals surface area contributed by atoms with Crippen molar-refractivity contribution in [2.75, 3.05) is 0 Å². The van der Waals surface area contributed by atoms with E-state index in [1.54, 1.807) is 18.3 Å². The molecule has 3 N–H and O–H groups in total. The molecule has 4 nitrogen and oxygen atoms in total. The molecular weight excluding hydrogens is 140 g/mol. The molecule has 0 fully saturated rings. The van der Waals surface area contributed by atoms with Crippen LogP contribution in [0.4, 0.5) is 5.69 Å². The average Bonchev–Trinajstić information content (AvgIpc) is 2.05. The van der Waals surface area contributed by atoms with Crippen LogP contribution in [0.15, 0.2) is 18.3 Å². The summed E-state index contributed by atoms with van der Waals surface area (Å²) in [5.41, 5.74) is 6.29. The van der Waals surface area contributed by atoms with Gasteiger partial charge in [-0.3, -0.25) is 10.4 Å². The number of hydrogen-bond acceptors (Lipinski definition) is 3. The number of rotatable bonds is 2. The topological polar surface area (TPSA) is 76.9 Å². The van der Waals surface area contributed by atoms with Gasteiger partial charge in [-0.15, -0.1) is 0 Å². The number of aromatic nitrogens is 1. The second-order valence-electron chi connectivity index (χ2n) is 1.97. The molecule has 0 aliphatic heterocycles. The lowest BCUT2D eigenvalue weighted by molar-refractivity contribution is 1.23. The summed E-state index contributed by atoms with van der Waals surface area (Å²) in [4.78, 5) is 7.52. The highest BCUT2D eigenvalue weighted by Gasteiger charge is 2.03. The maximum atomic E-state index is 7.06. The van der Waals surface area contributed by atoms with E-state index in [4.69, 9.17) is 11.1 Å². The van der Waals surface area contributed by atoms with Gasteiger partial charge in [-0.1, -0.05) is 0 Å². The predicted octanol–water partition coefficient (Wildman–Crippen LogP) is 0.0336. The van der Waals surface area contributed by atoms with Crippen molar-refractivity contribution in [2.24, 2.45) is 5.73 Å². The molecule has 1 heterocycles. The highest BCUT2D eigenvalue weighted by Crippen LogP contribution is 2.03. The molecule has 0 amide bonds. The van der Waals surface area contributed by atoms with Crippen molar-refractivity contribution in [2.45, 2.75) is 0 Å². The van der Waals surface area contributed by atoms with Crippen molar-refractivity contribution in [3.63, 3.8) is 0 Å². The van der Waals surface area contributed by atoms with Crippen LogP contribution in [0.5, 0.6) is 0 Å². The molecule has 1 aromatic heterocycles. The Kier molecular flexibility index (Phi) is 1.96. The summed E-state index contributed by atoms with van der Waals surface area (Å²) in [7, 11) is 0. The fourth-order valence-electron chi connectivity index (χ4n) is 0.665. The largest absolute Gasteiger partial charge is 0.382 e. The third-order valence-corrected chi connectivity index (χ3v) is 1.20. The number of amidine groups is 1. The Morgan fingerprint density at radius 2 is 2.45 bits per heavy atom. The standard InChI is InChI=1S/C7H8N4/c1-10-5-2-3-11-6(4-5)7(8)9/h2-4H,1H2,(H3,8,9)/q+1. The molecule has 0 unspecified atom stereocenters. The monoisotopic (exact) mass is 148 g/mol. The zero-order valence-corrected chi connectivity index (χ0v) is 5.91. The SMILES string of the molecule is C=[N+]c1ccnc(C(=N)N)c1. The van der Waals surface area contributed by atoms with Gasteiger partial charge in [0.05, 0.1) is 4.99 Å². The van der Waals surface area contributed by atoms with E-state index in [0.29, 0.717) is 11.4 Å². The number of nitrogens with one attached hydrogen (secondary N) is 1. The molecular formula is C7H8N4+. The van der Waals surface area contributed by atoms with E-state index >= 15 is 0 Å². The molecule has 0 bridgehead atoms. The first-order chi connectivity index (χ1) is 5.24. The normalized spacial score (nSPS) is 9.09. The Balaban J connectivity index is 3.10. The van der Waals surface area contributed by atoms with Gasteiger partial charge in [0.25, 0.3) is 5.69 Å². The van der Waals surface area contributed by atoms with E-state index in [9.17, 15) is 0 Å². The minimum Gasteiger partial charge on any atom is -0.382 e. The van der Waals surface area contributed by atoms with Gasteiger partial charge in [0.2, 0.25) is 6.72 Å². The van der Waals surface area contributed by atoms with Gasteiger partial charge in [0.1, 0.15) is 11.5 Å². The first-order valence-electron chi connectivity index (χ1n) is 3.01. The van der Waals surface area contributed by atoms with Crippen LogP contribution in [0.25, 0.3) is 0 Å². The number of pyridine rings is 1. The van der Waals surface area contributed by atoms with Crippen LogP contribution in [0.2, 0.25) is 0 Å². The zero-order chi connectivity index (χ0) is 8.27. The first kappa shape index (κ1) is 7.40. The van der Waals surface area contributed by atoms with E-state index in [2.05, 4.69) is 16.7 Å². The predicted molar refractivity (Wildman–Crippen MR) is 44.2 cm³/mol. The second-order valence-corrected chi connectivity index (χ2v) is 1.97. The first-order valence-corrected chi connectivity index (χ1v) is 3.01. The van der Waals surface area contributed by atoms with E-state index in [1.165, 1.54) is 0 Å². The summed E-state index contributed by atoms with van der Waals surface area (Å²) in [5, 5.41) is 7.06. The number of hydrogen-bond donors (Lipinski definition) is 2. The molecule has 55 valence electrons. The highest BCUT2D eigenvalue weighted by atomic mass is 14.8. The van der Waals surface area contributed by atoms with Crippen molar-refractivity contribution < 1.29 is 0 Å². The fourth-order valence-corrected chi connectivity index (χ4v) is 0.665. The lowest BCUT2D eigenvalue weighted by Crippen LogP contribution is -2.12. The Morgan fingerprint density at radius 3 is 3.00 bits per heavy atom. The number of aliphatic imine (C=N–C) groups is 1. The minimum atomic E-state index is -0.0597. The van der Waals surface area contributed by atoms with E-state index in [1.807, 2.05) is 0 Å². The zero-order valence-electron chi connectivity index (χ0n) is 5.91. The van der Waals surface area contributed by atoms with Gasteiger partial charge >= 0.3 is 0 Å². The number of nitrogen functional groups attached to an aromatic ring is 1. The summed E-state index contributed by atoms with van der Waals surface area (Å²) >= 11 is 0. The molecule has 0 atom stereocenters. The van der Waals surface area contributed by atoms with Gasteiger partial charge in [-0.25, -0.2) is 0 Å². The van der Waals surface area contributed by atoms with Gasteiger partial charge < -0.3 is 5.73 Å². The quantitative estimate of drug-likeness (QED) is 0.458. The van der Waals surface area contributed by atoms with Crippen molar-refractivity contribution >= 4 is 18.2 Å². The van der Waals surface area contributed by atoms with Crippen LogP contribution in [0.3, 0.4) is 0 Å². The summed E-state index contributed by atoms with van der Waals surface area (Å²) in [6.07, 6.45) is 1.54. The van der Waals surface area contributed by atoms with Crippen LogP contribution in [0.1, 0.15) is 5.69 Å². The molecule has 0 aromatic carbocycles. The van der Waals surface area contributed by atoms with Crippen molar-refractivity contribution in [1.29, 1.82) is 5.41 Å². The Labute approximate surface area is 64.3 Å². The molecule has 1 radical (unpaired) electrons. The molecule has 1 aromatic rings. The van der Waals surface area contributed by atoms with Crippen LogP contribution in [0, 0.1) is 5.41 Å². The molecule has 0 aliphatic rings. The Bertz CT molecular complexity index is 292. The van der Waals surface area contributed by atoms with Crippen molar-refractivity contribution in [3.8, 4) is 0 Å². The van der Waals surface area contributed by atoms with Gasteiger partial charge in [0.15, 0.2) is 0 Å². The van der Waals surface area contributed by atoms with Crippen molar-refractivity contribution in [1.82, 2.24) is 9.98 Å². The van der Waals surface area contributed by atoms with Gasteiger partial charge in [-0.2, -0.15) is 0 Å². The fraction of sp³-hybridized carbons (Fsp3) is 0. The summed E-state index contributed by atoms with van der Waals surface area (Å²) in [6.45, 7) is 3.34. The van der Waals surface area contributed by atoms with Crippen LogP contribution < -0.4 is 10.7 Å². The lowest BCUT2D eigenvalue weighted by Gasteiger charge is -1.91. The minimum absolute atomic E-state index is 0.0597. The smallest absolute Gasteiger partial charge is 0.280 e. The Hall–Kier alpha value is -1.71. The van der Waals surface area contributed by atoms with E-state index in [-0.39, 0.29) is 5.84 Å². The van der Waals surface area contributed by atoms with E-state index in [0.717, 1.165) is 0 Å². The summed E-state index contributed by atoms with van der Waals surface area (Å²) in [6, 6.07) is 3.30. The molecule has 11 heavy (non-hydrogen) atoms. The van der Waals surface area contributed by atoms with Crippen LogP contribution in [-0.4, -0.2) is 17.5 Å². The maximum Gasteiger partial charge on any atom is 0.280 e. The summed E-state index contributed by atoms with van der Waals surface area (Å²) in [5.74, 6) is -0.0597. The number of nitrogens with two attached hydrogens (primary N) is 1. The molecule has 4 heteroatoms. The van der Waals surface area contributed by atoms with Crippen molar-refractivity contribution in [3.05, 3.63) is 24.0 Å². The maximum absolute atomic E-state index is 7.06. The second kappa shape index (κ2) is 2.92. The molecule has 0 spiro atoms. The van der Waals surface area contributed by atoms with Gasteiger partial charge in [-0.05, 0) is 0 Å². The molecule has 0 saturated heterocycles. The lowest BCUT2D eigenvalue weighted by atomic mass is 10.3. The summed E-state index contributed by atoms with van der Waals surface area (Å²) < 4.78 is 0. The molecule has 1 rings (SSSR count). The van der Waals surface area contributed by atoms with Gasteiger partial charge in [0, 0.05) is 18.3 Å². The third kappa shape index (κ3) is 1.61. The van der Waals surface area contributed by atoms with Crippen LogP contribution in [-0.2, 0) is 0 Å². The third-order valence-electron chi connectivity index (χ3n) is 1.20. The molecule has 0 saturated carbocycles. The number of nitrogens with zero attached hydrogens (tertiary/aromatic N) is 2. The average molecular weight is 148 g/mol.